The average Bonchev–Trinajstić information content (AvgIpc) is 2.79. The minimum absolute atomic E-state index is 0.0142. The maximum atomic E-state index is 12.5. The van der Waals surface area contributed by atoms with Crippen molar-refractivity contribution in [1.82, 2.24) is 9.80 Å². The van der Waals surface area contributed by atoms with Gasteiger partial charge in [-0.05, 0) is 18.9 Å². The second-order valence-corrected chi connectivity index (χ2v) is 6.33. The van der Waals surface area contributed by atoms with Crippen LogP contribution >= 0.6 is 0 Å². The van der Waals surface area contributed by atoms with Crippen molar-refractivity contribution in [2.75, 3.05) is 19.6 Å². The molecule has 2 aliphatic heterocycles. The normalized spacial score (nSPS) is 17.9. The fourth-order valence-corrected chi connectivity index (χ4v) is 3.27. The Hall–Kier alpha value is -2.77. The zero-order valence-electron chi connectivity index (χ0n) is 13.8. The highest BCUT2D eigenvalue weighted by Crippen LogP contribution is 2.26. The van der Waals surface area contributed by atoms with E-state index >= 15 is 0 Å². The lowest BCUT2D eigenvalue weighted by atomic mass is 10.1. The lowest BCUT2D eigenvalue weighted by Crippen LogP contribution is -2.43. The van der Waals surface area contributed by atoms with Gasteiger partial charge in [-0.2, -0.15) is 0 Å². The molecule has 3 amide bonds. The van der Waals surface area contributed by atoms with Gasteiger partial charge in [-0.15, -0.1) is 0 Å². The van der Waals surface area contributed by atoms with Gasteiger partial charge in [0.2, 0.25) is 5.91 Å². The van der Waals surface area contributed by atoms with Crippen LogP contribution in [0.15, 0.2) is 18.2 Å². The lowest BCUT2D eigenvalue weighted by molar-refractivity contribution is -0.384. The Morgan fingerprint density at radius 2 is 1.60 bits per heavy atom. The molecule has 25 heavy (non-hydrogen) atoms. The molecule has 0 N–H and O–H groups in total. The van der Waals surface area contributed by atoms with Crippen LogP contribution in [0, 0.1) is 10.1 Å². The predicted octanol–water partition coefficient (Wildman–Crippen LogP) is 1.98. The highest BCUT2D eigenvalue weighted by atomic mass is 16.6. The van der Waals surface area contributed by atoms with Gasteiger partial charge in [0, 0.05) is 25.2 Å². The van der Waals surface area contributed by atoms with Crippen molar-refractivity contribution >= 4 is 23.4 Å². The lowest BCUT2D eigenvalue weighted by Gasteiger charge is -2.26. The molecule has 0 aromatic heterocycles. The van der Waals surface area contributed by atoms with Gasteiger partial charge in [-0.1, -0.05) is 19.3 Å². The highest BCUT2D eigenvalue weighted by Gasteiger charge is 2.38. The van der Waals surface area contributed by atoms with E-state index in [0.29, 0.717) is 13.1 Å². The summed E-state index contributed by atoms with van der Waals surface area (Å²) in [5.74, 6) is -1.48. The maximum absolute atomic E-state index is 12.5. The quantitative estimate of drug-likeness (QED) is 0.474. The summed E-state index contributed by atoms with van der Waals surface area (Å²) in [6.07, 6.45) is 5.14. The number of benzene rings is 1. The van der Waals surface area contributed by atoms with Crippen LogP contribution in [0.5, 0.6) is 0 Å². The van der Waals surface area contributed by atoms with Crippen molar-refractivity contribution in [3.8, 4) is 0 Å². The fraction of sp³-hybridized carbons (Fsp3) is 0.471. The van der Waals surface area contributed by atoms with Gasteiger partial charge >= 0.3 is 0 Å². The third kappa shape index (κ3) is 3.38. The summed E-state index contributed by atoms with van der Waals surface area (Å²) in [5, 5.41) is 10.9. The molecule has 2 heterocycles. The molecule has 1 saturated heterocycles. The van der Waals surface area contributed by atoms with Crippen LogP contribution in [-0.2, 0) is 4.79 Å². The predicted molar refractivity (Wildman–Crippen MR) is 88.1 cm³/mol. The molecule has 8 nitrogen and oxygen atoms in total. The zero-order valence-corrected chi connectivity index (χ0v) is 13.8. The molecule has 1 fully saturated rings. The molecule has 1 aromatic carbocycles. The van der Waals surface area contributed by atoms with E-state index in [1.807, 2.05) is 0 Å². The number of nitro benzene ring substituents is 1. The molecular weight excluding hydrogens is 326 g/mol. The molecule has 0 bridgehead atoms. The van der Waals surface area contributed by atoms with Crippen LogP contribution in [-0.4, -0.2) is 52.1 Å². The summed E-state index contributed by atoms with van der Waals surface area (Å²) in [6.45, 7) is 0.946. The van der Waals surface area contributed by atoms with Crippen molar-refractivity contribution < 1.29 is 19.3 Å². The van der Waals surface area contributed by atoms with Crippen LogP contribution in [0.3, 0.4) is 0 Å². The summed E-state index contributed by atoms with van der Waals surface area (Å²) in [6, 6.07) is 3.55. The molecular formula is C17H19N3O5. The zero-order chi connectivity index (χ0) is 18.0. The van der Waals surface area contributed by atoms with Crippen molar-refractivity contribution in [1.29, 1.82) is 0 Å². The van der Waals surface area contributed by atoms with Gasteiger partial charge in [-0.25, -0.2) is 0 Å². The standard InChI is InChI=1S/C17H19N3O5/c21-15(18-8-4-2-1-3-5-9-18)11-19-16(22)13-7-6-12(20(24)25)10-14(13)17(19)23/h6-7,10H,1-5,8-9,11H2. The van der Waals surface area contributed by atoms with Crippen LogP contribution < -0.4 is 0 Å². The highest BCUT2D eigenvalue weighted by molar-refractivity contribution is 6.22. The Bertz CT molecular complexity index is 738. The molecule has 0 atom stereocenters. The Kier molecular flexibility index (Phi) is 4.78. The summed E-state index contributed by atoms with van der Waals surface area (Å²) in [4.78, 5) is 50.2. The van der Waals surface area contributed by atoms with E-state index in [-0.39, 0.29) is 29.3 Å². The average molecular weight is 345 g/mol. The Labute approximate surface area is 144 Å². The molecule has 3 rings (SSSR count). The first-order valence-corrected chi connectivity index (χ1v) is 8.41. The molecule has 0 unspecified atom stereocenters. The molecule has 2 aliphatic rings. The topological polar surface area (TPSA) is 101 Å². The molecule has 8 heteroatoms. The maximum Gasteiger partial charge on any atom is 0.270 e. The largest absolute Gasteiger partial charge is 0.341 e. The molecule has 0 spiro atoms. The minimum Gasteiger partial charge on any atom is -0.341 e. The van der Waals surface area contributed by atoms with Crippen molar-refractivity contribution in [3.63, 3.8) is 0 Å². The summed E-state index contributed by atoms with van der Waals surface area (Å²) < 4.78 is 0. The minimum atomic E-state index is -0.649. The van der Waals surface area contributed by atoms with E-state index in [2.05, 4.69) is 0 Å². The molecule has 0 radical (unpaired) electrons. The number of non-ortho nitro benzene ring substituents is 1. The molecule has 0 saturated carbocycles. The fourth-order valence-electron chi connectivity index (χ4n) is 3.27. The van der Waals surface area contributed by atoms with Gasteiger partial charge < -0.3 is 4.90 Å². The van der Waals surface area contributed by atoms with Crippen LogP contribution in [0.1, 0.15) is 52.8 Å². The Morgan fingerprint density at radius 3 is 2.24 bits per heavy atom. The number of hydrogen-bond acceptors (Lipinski definition) is 5. The number of amides is 3. The third-order valence-corrected chi connectivity index (χ3v) is 4.67. The van der Waals surface area contributed by atoms with Gasteiger partial charge in [0.1, 0.15) is 6.54 Å². The molecule has 0 aliphatic carbocycles. The molecule has 1 aromatic rings. The number of hydrogen-bond donors (Lipinski definition) is 0. The van der Waals surface area contributed by atoms with Crippen molar-refractivity contribution in [3.05, 3.63) is 39.4 Å². The first-order valence-electron chi connectivity index (χ1n) is 8.41. The second kappa shape index (κ2) is 7.00. The number of carbonyl (C=O) groups excluding carboxylic acids is 3. The van der Waals surface area contributed by atoms with E-state index in [0.717, 1.165) is 36.6 Å². The number of nitro groups is 1. The number of nitrogens with zero attached hydrogens (tertiary/aromatic N) is 3. The molecule has 132 valence electrons. The smallest absolute Gasteiger partial charge is 0.270 e. The monoisotopic (exact) mass is 345 g/mol. The van der Waals surface area contributed by atoms with Crippen molar-refractivity contribution in [2.24, 2.45) is 0 Å². The van der Waals surface area contributed by atoms with Gasteiger partial charge in [0.05, 0.1) is 16.1 Å². The Morgan fingerprint density at radius 1 is 1.00 bits per heavy atom. The van der Waals surface area contributed by atoms with Gasteiger partial charge in [0.25, 0.3) is 17.5 Å². The van der Waals surface area contributed by atoms with E-state index in [1.165, 1.54) is 18.6 Å². The Balaban J connectivity index is 1.75. The number of likely N-dealkylation sites (tertiary alicyclic amines) is 1. The number of fused-ring (bicyclic) bond motifs is 1. The van der Waals surface area contributed by atoms with Crippen molar-refractivity contribution in [2.45, 2.75) is 32.1 Å². The second-order valence-electron chi connectivity index (χ2n) is 6.33. The summed E-state index contributed by atoms with van der Waals surface area (Å²) in [5.41, 5.74) is -0.160. The van der Waals surface area contributed by atoms with E-state index < -0.39 is 16.7 Å². The van der Waals surface area contributed by atoms with Crippen LogP contribution in [0.2, 0.25) is 0 Å². The third-order valence-electron chi connectivity index (χ3n) is 4.67. The first-order chi connectivity index (χ1) is 12.0. The number of imide groups is 1. The summed E-state index contributed by atoms with van der Waals surface area (Å²) in [7, 11) is 0. The number of carbonyl (C=O) groups is 3. The van der Waals surface area contributed by atoms with Crippen LogP contribution in [0.25, 0.3) is 0 Å². The first kappa shape index (κ1) is 17.1. The van der Waals surface area contributed by atoms with Gasteiger partial charge in [0.15, 0.2) is 0 Å². The summed E-state index contributed by atoms with van der Waals surface area (Å²) >= 11 is 0. The van der Waals surface area contributed by atoms with Crippen LogP contribution in [0.4, 0.5) is 5.69 Å². The van der Waals surface area contributed by atoms with E-state index in [1.54, 1.807) is 4.90 Å². The van der Waals surface area contributed by atoms with E-state index in [9.17, 15) is 24.5 Å². The number of rotatable bonds is 3. The SMILES string of the molecule is O=C(CN1C(=O)c2ccc([N+](=O)[O-])cc2C1=O)N1CCCCCCC1. The van der Waals surface area contributed by atoms with Gasteiger partial charge in [-0.3, -0.25) is 29.4 Å². The van der Waals surface area contributed by atoms with E-state index in [4.69, 9.17) is 0 Å².